The van der Waals surface area contributed by atoms with Gasteiger partial charge in [0.05, 0.1) is 7.11 Å². The first-order valence-electron chi connectivity index (χ1n) is 6.80. The van der Waals surface area contributed by atoms with Crippen LogP contribution in [-0.2, 0) is 0 Å². The van der Waals surface area contributed by atoms with E-state index < -0.39 is 0 Å². The van der Waals surface area contributed by atoms with Gasteiger partial charge in [-0.15, -0.1) is 0 Å². The van der Waals surface area contributed by atoms with Crippen LogP contribution in [0.1, 0.15) is 24.8 Å². The zero-order valence-electron chi connectivity index (χ0n) is 11.4. The van der Waals surface area contributed by atoms with Crippen molar-refractivity contribution in [1.29, 1.82) is 0 Å². The lowest BCUT2D eigenvalue weighted by atomic mass is 10.1. The zero-order chi connectivity index (χ0) is 12.8. The Bertz CT molecular complexity index is 373. The van der Waals surface area contributed by atoms with Crippen LogP contribution in [0, 0.1) is 6.92 Å². The molecule has 0 radical (unpaired) electrons. The highest BCUT2D eigenvalue weighted by atomic mass is 16.5. The first kappa shape index (κ1) is 13.2. The molecule has 1 aliphatic heterocycles. The van der Waals surface area contributed by atoms with Crippen molar-refractivity contribution in [1.82, 2.24) is 4.90 Å². The Labute approximate surface area is 110 Å². The number of methoxy groups -OCH3 is 1. The summed E-state index contributed by atoms with van der Waals surface area (Å²) in [5.74, 6) is 1.83. The third-order valence-corrected chi connectivity index (χ3v) is 3.57. The third kappa shape index (κ3) is 3.39. The van der Waals surface area contributed by atoms with Gasteiger partial charge in [0, 0.05) is 12.1 Å². The van der Waals surface area contributed by atoms with Gasteiger partial charge in [-0.1, -0.05) is 12.5 Å². The van der Waals surface area contributed by atoms with E-state index in [9.17, 15) is 0 Å². The summed E-state index contributed by atoms with van der Waals surface area (Å²) >= 11 is 0. The quantitative estimate of drug-likeness (QED) is 0.801. The van der Waals surface area contributed by atoms with Gasteiger partial charge in [-0.3, -0.25) is 4.90 Å². The van der Waals surface area contributed by atoms with E-state index in [4.69, 9.17) is 9.47 Å². The standard InChI is InChI=1S/C15H23NO2/c1-13-14(17-2)7-6-8-15(13)18-12-11-16-9-4-3-5-10-16/h6-8H,3-5,9-12H2,1-2H3. The summed E-state index contributed by atoms with van der Waals surface area (Å²) in [6, 6.07) is 5.95. The van der Waals surface area contributed by atoms with E-state index in [1.165, 1.54) is 32.4 Å². The molecule has 18 heavy (non-hydrogen) atoms. The van der Waals surface area contributed by atoms with Crippen LogP contribution in [0.3, 0.4) is 0 Å². The summed E-state index contributed by atoms with van der Waals surface area (Å²) in [5.41, 5.74) is 1.08. The van der Waals surface area contributed by atoms with Crippen LogP contribution >= 0.6 is 0 Å². The minimum absolute atomic E-state index is 0.758. The van der Waals surface area contributed by atoms with E-state index in [2.05, 4.69) is 4.90 Å². The van der Waals surface area contributed by atoms with Crippen molar-refractivity contribution >= 4 is 0 Å². The average Bonchev–Trinajstić information content (AvgIpc) is 2.42. The molecule has 0 saturated carbocycles. The van der Waals surface area contributed by atoms with Crippen molar-refractivity contribution in [2.45, 2.75) is 26.2 Å². The second-order valence-electron chi connectivity index (χ2n) is 4.83. The monoisotopic (exact) mass is 249 g/mol. The molecular weight excluding hydrogens is 226 g/mol. The summed E-state index contributed by atoms with van der Waals surface area (Å²) in [4.78, 5) is 2.49. The summed E-state index contributed by atoms with van der Waals surface area (Å²) in [6.07, 6.45) is 4.04. The highest BCUT2D eigenvalue weighted by Crippen LogP contribution is 2.26. The molecule has 2 rings (SSSR count). The van der Waals surface area contributed by atoms with Crippen molar-refractivity contribution in [3.8, 4) is 11.5 Å². The Kier molecular flexibility index (Phi) is 4.88. The Morgan fingerprint density at radius 1 is 1.11 bits per heavy atom. The molecule has 0 atom stereocenters. The maximum absolute atomic E-state index is 5.86. The van der Waals surface area contributed by atoms with Crippen LogP contribution < -0.4 is 9.47 Å². The normalized spacial score (nSPS) is 16.6. The zero-order valence-corrected chi connectivity index (χ0v) is 11.4. The molecule has 3 nitrogen and oxygen atoms in total. The van der Waals surface area contributed by atoms with Gasteiger partial charge in [-0.2, -0.15) is 0 Å². The predicted octanol–water partition coefficient (Wildman–Crippen LogP) is 2.87. The number of benzene rings is 1. The molecule has 100 valence electrons. The Morgan fingerprint density at radius 2 is 1.83 bits per heavy atom. The molecule has 0 unspecified atom stereocenters. The maximum atomic E-state index is 5.86. The number of rotatable bonds is 5. The topological polar surface area (TPSA) is 21.7 Å². The van der Waals surface area contributed by atoms with E-state index >= 15 is 0 Å². The Balaban J connectivity index is 1.82. The van der Waals surface area contributed by atoms with Gasteiger partial charge in [0.25, 0.3) is 0 Å². The van der Waals surface area contributed by atoms with Crippen molar-refractivity contribution in [3.63, 3.8) is 0 Å². The van der Waals surface area contributed by atoms with Gasteiger partial charge < -0.3 is 9.47 Å². The van der Waals surface area contributed by atoms with E-state index in [-0.39, 0.29) is 0 Å². The second-order valence-corrected chi connectivity index (χ2v) is 4.83. The summed E-state index contributed by atoms with van der Waals surface area (Å²) in [5, 5.41) is 0. The van der Waals surface area contributed by atoms with E-state index in [1.807, 2.05) is 25.1 Å². The summed E-state index contributed by atoms with van der Waals surface area (Å²) < 4.78 is 11.2. The molecule has 1 fully saturated rings. The fourth-order valence-corrected chi connectivity index (χ4v) is 2.44. The number of ether oxygens (including phenoxy) is 2. The van der Waals surface area contributed by atoms with Gasteiger partial charge in [0.2, 0.25) is 0 Å². The SMILES string of the molecule is COc1cccc(OCCN2CCCCC2)c1C. The van der Waals surface area contributed by atoms with Gasteiger partial charge in [0.15, 0.2) is 0 Å². The lowest BCUT2D eigenvalue weighted by molar-refractivity contribution is 0.182. The van der Waals surface area contributed by atoms with Gasteiger partial charge >= 0.3 is 0 Å². The molecule has 0 aliphatic carbocycles. The molecule has 0 N–H and O–H groups in total. The Hall–Kier alpha value is -1.22. The van der Waals surface area contributed by atoms with Gasteiger partial charge in [-0.05, 0) is 45.0 Å². The van der Waals surface area contributed by atoms with Crippen molar-refractivity contribution < 1.29 is 9.47 Å². The maximum Gasteiger partial charge on any atom is 0.125 e. The lowest BCUT2D eigenvalue weighted by Gasteiger charge is -2.26. The molecule has 1 aromatic rings. The van der Waals surface area contributed by atoms with Gasteiger partial charge in [-0.25, -0.2) is 0 Å². The smallest absolute Gasteiger partial charge is 0.125 e. The van der Waals surface area contributed by atoms with Crippen molar-refractivity contribution in [2.24, 2.45) is 0 Å². The molecule has 0 aromatic heterocycles. The molecule has 0 amide bonds. The number of piperidine rings is 1. The summed E-state index contributed by atoms with van der Waals surface area (Å²) in [7, 11) is 1.69. The van der Waals surface area contributed by atoms with Gasteiger partial charge in [0.1, 0.15) is 18.1 Å². The first-order valence-corrected chi connectivity index (χ1v) is 6.80. The molecular formula is C15H23NO2. The van der Waals surface area contributed by atoms with Crippen LogP contribution in [-0.4, -0.2) is 38.3 Å². The average molecular weight is 249 g/mol. The number of hydrogen-bond donors (Lipinski definition) is 0. The van der Waals surface area contributed by atoms with E-state index in [0.29, 0.717) is 0 Å². The molecule has 0 spiro atoms. The second kappa shape index (κ2) is 6.64. The molecule has 1 heterocycles. The van der Waals surface area contributed by atoms with Crippen LogP contribution in [0.4, 0.5) is 0 Å². The molecule has 3 heteroatoms. The highest BCUT2D eigenvalue weighted by Gasteiger charge is 2.10. The minimum Gasteiger partial charge on any atom is -0.496 e. The van der Waals surface area contributed by atoms with Crippen LogP contribution in [0.25, 0.3) is 0 Å². The largest absolute Gasteiger partial charge is 0.496 e. The van der Waals surface area contributed by atoms with E-state index in [1.54, 1.807) is 7.11 Å². The predicted molar refractivity (Wildman–Crippen MR) is 73.5 cm³/mol. The molecule has 1 aliphatic rings. The number of likely N-dealkylation sites (tertiary alicyclic amines) is 1. The number of nitrogens with zero attached hydrogens (tertiary/aromatic N) is 1. The third-order valence-electron chi connectivity index (χ3n) is 3.57. The van der Waals surface area contributed by atoms with E-state index in [0.717, 1.165) is 30.2 Å². The number of hydrogen-bond acceptors (Lipinski definition) is 3. The first-order chi connectivity index (χ1) is 8.81. The summed E-state index contributed by atoms with van der Waals surface area (Å²) in [6.45, 7) is 6.26. The molecule has 1 aromatic carbocycles. The minimum atomic E-state index is 0.758. The van der Waals surface area contributed by atoms with Crippen LogP contribution in [0.2, 0.25) is 0 Å². The highest BCUT2D eigenvalue weighted by molar-refractivity contribution is 5.43. The van der Waals surface area contributed by atoms with Crippen molar-refractivity contribution in [3.05, 3.63) is 23.8 Å². The Morgan fingerprint density at radius 3 is 2.56 bits per heavy atom. The van der Waals surface area contributed by atoms with Crippen molar-refractivity contribution in [2.75, 3.05) is 33.4 Å². The lowest BCUT2D eigenvalue weighted by Crippen LogP contribution is -2.33. The van der Waals surface area contributed by atoms with Crippen LogP contribution in [0.5, 0.6) is 11.5 Å². The van der Waals surface area contributed by atoms with Crippen LogP contribution in [0.15, 0.2) is 18.2 Å². The fraction of sp³-hybridized carbons (Fsp3) is 0.600. The fourth-order valence-electron chi connectivity index (χ4n) is 2.44. The molecule has 1 saturated heterocycles. The molecule has 0 bridgehead atoms.